The van der Waals surface area contributed by atoms with E-state index in [-0.39, 0.29) is 18.4 Å². The normalized spacial score (nSPS) is 15.6. The molecule has 2 N–H and O–H groups in total. The van der Waals surface area contributed by atoms with Crippen molar-refractivity contribution in [2.45, 2.75) is 38.3 Å². The molecule has 0 bridgehead atoms. The molecule has 1 saturated heterocycles. The van der Waals surface area contributed by atoms with Crippen LogP contribution in [0.25, 0.3) is 0 Å². The number of carbonyl (C=O) groups excluding carboxylic acids is 1. The summed E-state index contributed by atoms with van der Waals surface area (Å²) in [5.41, 5.74) is 2.06. The van der Waals surface area contributed by atoms with Gasteiger partial charge in [-0.15, -0.1) is 0 Å². The second-order valence-corrected chi connectivity index (χ2v) is 6.80. The van der Waals surface area contributed by atoms with Crippen LogP contribution in [0, 0.1) is 6.92 Å². The van der Waals surface area contributed by atoms with Crippen molar-refractivity contribution in [3.63, 3.8) is 0 Å². The Labute approximate surface area is 163 Å². The maximum absolute atomic E-state index is 12.6. The summed E-state index contributed by atoms with van der Waals surface area (Å²) in [4.78, 5) is 28.1. The number of carboxylic acids is 1. The number of amides is 1. The number of rotatable bonds is 7. The molecule has 1 amide bonds. The van der Waals surface area contributed by atoms with Crippen LogP contribution < -0.4 is 10.1 Å². The summed E-state index contributed by atoms with van der Waals surface area (Å²) in [5, 5.41) is 12.0. The molecule has 0 spiro atoms. The predicted octanol–water partition coefficient (Wildman–Crippen LogP) is 2.89. The third-order valence-electron chi connectivity index (χ3n) is 4.70. The molecule has 2 aromatic rings. The quantitative estimate of drug-likeness (QED) is 0.762. The molecule has 1 aliphatic rings. The highest BCUT2D eigenvalue weighted by atomic mass is 16.5. The summed E-state index contributed by atoms with van der Waals surface area (Å²) >= 11 is 0. The van der Waals surface area contributed by atoms with Crippen molar-refractivity contribution in [2.24, 2.45) is 0 Å². The molecule has 1 atom stereocenters. The Morgan fingerprint density at radius 2 is 2.00 bits per heavy atom. The number of nitrogens with one attached hydrogen (secondary N) is 1. The molecule has 0 radical (unpaired) electrons. The van der Waals surface area contributed by atoms with E-state index < -0.39 is 12.0 Å². The Morgan fingerprint density at radius 3 is 2.64 bits per heavy atom. The Kier molecular flexibility index (Phi) is 6.60. The van der Waals surface area contributed by atoms with E-state index in [2.05, 4.69) is 10.3 Å². The van der Waals surface area contributed by atoms with Gasteiger partial charge >= 0.3 is 5.97 Å². The molecule has 0 saturated carbocycles. The number of aliphatic carboxylic acids is 1. The van der Waals surface area contributed by atoms with Crippen LogP contribution in [0.15, 0.2) is 42.6 Å². The molecule has 7 heteroatoms. The molecule has 3 rings (SSSR count). The van der Waals surface area contributed by atoms with Crippen molar-refractivity contribution in [1.29, 1.82) is 0 Å². The highest BCUT2D eigenvalue weighted by Crippen LogP contribution is 2.22. The van der Waals surface area contributed by atoms with E-state index in [1.165, 1.54) is 6.20 Å². The van der Waals surface area contributed by atoms with E-state index in [9.17, 15) is 14.7 Å². The first kappa shape index (κ1) is 19.8. The molecule has 0 unspecified atom stereocenters. The van der Waals surface area contributed by atoms with Gasteiger partial charge < -0.3 is 19.9 Å². The van der Waals surface area contributed by atoms with Crippen LogP contribution in [0.2, 0.25) is 0 Å². The molecule has 7 nitrogen and oxygen atoms in total. The van der Waals surface area contributed by atoms with Gasteiger partial charge in [-0.2, -0.15) is 0 Å². The maximum atomic E-state index is 12.6. The van der Waals surface area contributed by atoms with Crippen molar-refractivity contribution in [3.05, 3.63) is 59.3 Å². The van der Waals surface area contributed by atoms with Gasteiger partial charge in [0.1, 0.15) is 6.10 Å². The maximum Gasteiger partial charge on any atom is 0.305 e. The number of nitrogens with zero attached hydrogens (tertiary/aromatic N) is 1. The van der Waals surface area contributed by atoms with Gasteiger partial charge in [0.05, 0.1) is 31.2 Å². The van der Waals surface area contributed by atoms with Crippen LogP contribution >= 0.6 is 0 Å². The third-order valence-corrected chi connectivity index (χ3v) is 4.70. The van der Waals surface area contributed by atoms with Crippen LogP contribution in [0.3, 0.4) is 0 Å². The molecular weight excluding hydrogens is 360 g/mol. The third kappa shape index (κ3) is 5.29. The van der Waals surface area contributed by atoms with Crippen molar-refractivity contribution >= 4 is 11.9 Å². The molecule has 1 fully saturated rings. The van der Waals surface area contributed by atoms with Gasteiger partial charge in [0.25, 0.3) is 5.91 Å². The lowest BCUT2D eigenvalue weighted by Gasteiger charge is -2.22. The fraction of sp³-hybridized carbons (Fsp3) is 0.381. The summed E-state index contributed by atoms with van der Waals surface area (Å²) < 4.78 is 11.1. The zero-order chi connectivity index (χ0) is 19.9. The number of hydrogen-bond acceptors (Lipinski definition) is 5. The van der Waals surface area contributed by atoms with Crippen LogP contribution in [-0.2, 0) is 9.53 Å². The topological polar surface area (TPSA) is 97.8 Å². The summed E-state index contributed by atoms with van der Waals surface area (Å²) in [6.45, 7) is 3.24. The van der Waals surface area contributed by atoms with Crippen LogP contribution in [0.4, 0.5) is 0 Å². The van der Waals surface area contributed by atoms with E-state index in [1.807, 2.05) is 31.2 Å². The molecule has 2 heterocycles. The summed E-state index contributed by atoms with van der Waals surface area (Å²) in [6, 6.07) is 10.1. The first-order valence-electron chi connectivity index (χ1n) is 9.31. The van der Waals surface area contributed by atoms with Gasteiger partial charge in [-0.3, -0.25) is 9.59 Å². The second-order valence-electron chi connectivity index (χ2n) is 6.80. The number of aromatic nitrogens is 1. The van der Waals surface area contributed by atoms with Crippen LogP contribution in [0.5, 0.6) is 5.88 Å². The van der Waals surface area contributed by atoms with Crippen LogP contribution in [-0.4, -0.2) is 41.3 Å². The molecule has 0 aliphatic carbocycles. The summed E-state index contributed by atoms with van der Waals surface area (Å²) in [7, 11) is 0. The fourth-order valence-electron chi connectivity index (χ4n) is 3.18. The van der Waals surface area contributed by atoms with Crippen molar-refractivity contribution in [1.82, 2.24) is 10.3 Å². The Bertz CT molecular complexity index is 816. The highest BCUT2D eigenvalue weighted by Gasteiger charge is 2.21. The first-order valence-corrected chi connectivity index (χ1v) is 9.31. The molecule has 148 valence electrons. The van der Waals surface area contributed by atoms with Crippen LogP contribution in [0.1, 0.15) is 46.8 Å². The lowest BCUT2D eigenvalue weighted by Crippen LogP contribution is -2.30. The fourth-order valence-corrected chi connectivity index (χ4v) is 3.18. The lowest BCUT2D eigenvalue weighted by atomic mass is 9.98. The van der Waals surface area contributed by atoms with Gasteiger partial charge in [0.2, 0.25) is 5.88 Å². The number of benzene rings is 1. The predicted molar refractivity (Wildman–Crippen MR) is 102 cm³/mol. The lowest BCUT2D eigenvalue weighted by molar-refractivity contribution is -0.137. The van der Waals surface area contributed by atoms with Gasteiger partial charge in [0, 0.05) is 25.1 Å². The first-order chi connectivity index (χ1) is 13.5. The van der Waals surface area contributed by atoms with E-state index in [0.29, 0.717) is 24.7 Å². The Hall–Kier alpha value is -2.93. The number of ether oxygens (including phenoxy) is 2. The van der Waals surface area contributed by atoms with Crippen molar-refractivity contribution < 1.29 is 24.2 Å². The minimum atomic E-state index is -0.980. The molecule has 1 aliphatic heterocycles. The Morgan fingerprint density at radius 1 is 1.25 bits per heavy atom. The molecule has 1 aromatic heterocycles. The summed E-state index contributed by atoms with van der Waals surface area (Å²) in [5.74, 6) is -0.893. The number of pyridine rings is 1. The SMILES string of the molecule is Cc1ccccc1[C@H](CC(=O)O)NC(=O)c1ccc(OC2CCOCC2)nc1. The largest absolute Gasteiger partial charge is 0.481 e. The highest BCUT2D eigenvalue weighted by molar-refractivity contribution is 5.94. The van der Waals surface area contributed by atoms with Gasteiger partial charge in [0.15, 0.2) is 0 Å². The van der Waals surface area contributed by atoms with Crippen molar-refractivity contribution in [2.75, 3.05) is 13.2 Å². The van der Waals surface area contributed by atoms with E-state index in [4.69, 9.17) is 9.47 Å². The number of carbonyl (C=O) groups is 2. The minimum Gasteiger partial charge on any atom is -0.481 e. The van der Waals surface area contributed by atoms with Gasteiger partial charge in [-0.25, -0.2) is 4.98 Å². The van der Waals surface area contributed by atoms with Gasteiger partial charge in [-0.1, -0.05) is 24.3 Å². The van der Waals surface area contributed by atoms with E-state index in [0.717, 1.165) is 24.0 Å². The smallest absolute Gasteiger partial charge is 0.305 e. The van der Waals surface area contributed by atoms with Gasteiger partial charge in [-0.05, 0) is 24.1 Å². The number of aryl methyl sites for hydroxylation is 1. The zero-order valence-electron chi connectivity index (χ0n) is 15.8. The average molecular weight is 384 g/mol. The molecular formula is C21H24N2O5. The molecule has 28 heavy (non-hydrogen) atoms. The number of carboxylic acid groups (broad SMARTS) is 1. The average Bonchev–Trinajstić information content (AvgIpc) is 2.69. The minimum absolute atomic E-state index is 0.0712. The Balaban J connectivity index is 1.67. The summed E-state index contributed by atoms with van der Waals surface area (Å²) in [6.07, 6.45) is 2.95. The standard InChI is InChI=1S/C21H24N2O5/c1-14-4-2-3-5-17(14)18(12-20(24)25)23-21(26)15-6-7-19(22-13-15)28-16-8-10-27-11-9-16/h2-7,13,16,18H,8-12H2,1H3,(H,23,26)(H,24,25)/t18-/m0/s1. The monoisotopic (exact) mass is 384 g/mol. The molecule has 1 aromatic carbocycles. The second kappa shape index (κ2) is 9.32. The zero-order valence-corrected chi connectivity index (χ0v) is 15.8. The van der Waals surface area contributed by atoms with Crippen molar-refractivity contribution in [3.8, 4) is 5.88 Å². The van der Waals surface area contributed by atoms with E-state index in [1.54, 1.807) is 12.1 Å². The van der Waals surface area contributed by atoms with E-state index >= 15 is 0 Å². The number of hydrogen-bond donors (Lipinski definition) is 2.